The zero-order valence-electron chi connectivity index (χ0n) is 36.1. The highest BCUT2D eigenvalue weighted by Gasteiger charge is 2.27. The molecule has 1 N–H and O–H groups in total. The number of nitrogens with zero attached hydrogens (tertiary/aromatic N) is 4. The van der Waals surface area contributed by atoms with E-state index in [0.29, 0.717) is 5.84 Å². The van der Waals surface area contributed by atoms with E-state index in [1.807, 2.05) is 12.1 Å². The third kappa shape index (κ3) is 5.97. The summed E-state index contributed by atoms with van der Waals surface area (Å²) in [5.41, 5.74) is 13.4. The van der Waals surface area contributed by atoms with Crippen LogP contribution < -0.4 is 5.32 Å². The second kappa shape index (κ2) is 14.8. The van der Waals surface area contributed by atoms with Gasteiger partial charge in [0.05, 0.1) is 27.8 Å². The Labute approximate surface area is 385 Å². The molecule has 67 heavy (non-hydrogen) atoms. The summed E-state index contributed by atoms with van der Waals surface area (Å²) < 4.78 is 11.5. The van der Waals surface area contributed by atoms with Crippen molar-refractivity contribution in [1.29, 1.82) is 0 Å². The minimum atomic E-state index is -0.455. The quantitative estimate of drug-likeness (QED) is 0.181. The first-order chi connectivity index (χ1) is 33.2. The van der Waals surface area contributed by atoms with Crippen LogP contribution in [0.2, 0.25) is 0 Å². The molecule has 0 radical (unpaired) electrons. The van der Waals surface area contributed by atoms with E-state index in [2.05, 4.69) is 227 Å². The summed E-state index contributed by atoms with van der Waals surface area (Å²) in [5, 5.41) is 13.0. The molecule has 1 aliphatic heterocycles. The standard InChI is InChI=1S/C61H39N5O/c1-3-16-38(17-4-1)39-20-15-21-42(32-39)59-62-60(43-30-31-54-49(34-43)46-24-9-12-27-52(46)65(54)44-22-5-2-6-23-44)64-61(63-59)51-36-45(37-57-58(51)48-26-11-14-29-56(48)67-57)66-53-28-13-10-25-47(53)50-33-40-18-7-8-19-41(40)35-55(50)66/h1-37,59H,(H,62,63,64). The number of para-hydroxylation sites is 4. The predicted octanol–water partition coefficient (Wildman–Crippen LogP) is 15.1. The van der Waals surface area contributed by atoms with E-state index >= 15 is 0 Å². The Kier molecular flexibility index (Phi) is 8.24. The average molecular weight is 858 g/mol. The summed E-state index contributed by atoms with van der Waals surface area (Å²) in [6.45, 7) is 0. The van der Waals surface area contributed by atoms with Crippen LogP contribution in [0.4, 0.5) is 0 Å². The SMILES string of the molecule is c1ccc(-c2cccc(C3N=C(c4ccc5c(c4)c4ccccc4n5-c4ccccc4)N=C(c4cc(-n5c6ccccc6c6cc7ccccc7cc65)cc5oc6ccccc6c45)N3)c2)cc1. The van der Waals surface area contributed by atoms with Gasteiger partial charge in [0.1, 0.15) is 23.2 Å². The molecule has 0 spiro atoms. The van der Waals surface area contributed by atoms with Crippen LogP contribution in [0.3, 0.4) is 0 Å². The molecule has 6 nitrogen and oxygen atoms in total. The first kappa shape index (κ1) is 37.4. The number of nitrogens with one attached hydrogen (secondary N) is 1. The van der Waals surface area contributed by atoms with E-state index in [1.54, 1.807) is 0 Å². The number of benzene rings is 10. The first-order valence-corrected chi connectivity index (χ1v) is 22.8. The van der Waals surface area contributed by atoms with E-state index in [1.165, 1.54) is 26.9 Å². The van der Waals surface area contributed by atoms with Gasteiger partial charge >= 0.3 is 0 Å². The first-order valence-electron chi connectivity index (χ1n) is 22.8. The molecule has 314 valence electrons. The number of rotatable bonds is 6. The second-order valence-corrected chi connectivity index (χ2v) is 17.4. The van der Waals surface area contributed by atoms with Gasteiger partial charge in [-0.25, -0.2) is 9.98 Å². The van der Waals surface area contributed by atoms with E-state index in [4.69, 9.17) is 14.4 Å². The summed E-state index contributed by atoms with van der Waals surface area (Å²) in [4.78, 5) is 11.0. The minimum Gasteiger partial charge on any atom is -0.456 e. The summed E-state index contributed by atoms with van der Waals surface area (Å²) >= 11 is 0. The van der Waals surface area contributed by atoms with Crippen molar-refractivity contribution in [3.8, 4) is 22.5 Å². The molecule has 0 saturated carbocycles. The lowest BCUT2D eigenvalue weighted by atomic mass is 10.00. The number of fused-ring (bicyclic) bond motifs is 10. The van der Waals surface area contributed by atoms with Crippen molar-refractivity contribution in [2.75, 3.05) is 0 Å². The summed E-state index contributed by atoms with van der Waals surface area (Å²) in [6.07, 6.45) is -0.455. The fourth-order valence-electron chi connectivity index (χ4n) is 10.5. The van der Waals surface area contributed by atoms with Crippen LogP contribution in [0, 0.1) is 0 Å². The van der Waals surface area contributed by atoms with Gasteiger partial charge < -0.3 is 18.9 Å². The number of aliphatic imine (C=N–C) groups is 2. The van der Waals surface area contributed by atoms with E-state index in [-0.39, 0.29) is 0 Å². The lowest BCUT2D eigenvalue weighted by Gasteiger charge is -2.25. The summed E-state index contributed by atoms with van der Waals surface area (Å²) in [5.74, 6) is 1.37. The lowest BCUT2D eigenvalue weighted by Crippen LogP contribution is -2.33. The molecule has 0 bridgehead atoms. The largest absolute Gasteiger partial charge is 0.456 e. The zero-order valence-corrected chi connectivity index (χ0v) is 36.1. The van der Waals surface area contributed by atoms with Crippen LogP contribution in [0.15, 0.2) is 239 Å². The highest BCUT2D eigenvalue weighted by atomic mass is 16.3. The van der Waals surface area contributed by atoms with Gasteiger partial charge in [-0.2, -0.15) is 0 Å². The lowest BCUT2D eigenvalue weighted by molar-refractivity contribution is 0.667. The highest BCUT2D eigenvalue weighted by molar-refractivity contribution is 6.23. The van der Waals surface area contributed by atoms with Crippen molar-refractivity contribution in [2.24, 2.45) is 9.98 Å². The summed E-state index contributed by atoms with van der Waals surface area (Å²) in [7, 11) is 0. The third-order valence-electron chi connectivity index (χ3n) is 13.5. The van der Waals surface area contributed by atoms with Crippen LogP contribution >= 0.6 is 0 Å². The van der Waals surface area contributed by atoms with Gasteiger partial charge in [-0.3, -0.25) is 0 Å². The van der Waals surface area contributed by atoms with Crippen molar-refractivity contribution in [2.45, 2.75) is 6.17 Å². The molecule has 1 atom stereocenters. The van der Waals surface area contributed by atoms with Gasteiger partial charge in [-0.15, -0.1) is 0 Å². The van der Waals surface area contributed by atoms with Crippen molar-refractivity contribution in [1.82, 2.24) is 14.5 Å². The molecule has 0 aliphatic carbocycles. The molecular formula is C61H39N5O. The average Bonchev–Trinajstić information content (AvgIpc) is 4.05. The molecule has 1 aliphatic rings. The normalized spacial score (nSPS) is 14.1. The topological polar surface area (TPSA) is 59.8 Å². The maximum atomic E-state index is 6.80. The van der Waals surface area contributed by atoms with Crippen molar-refractivity contribution in [3.05, 3.63) is 241 Å². The van der Waals surface area contributed by atoms with Crippen molar-refractivity contribution >= 4 is 88.0 Å². The smallest absolute Gasteiger partial charge is 0.159 e. The van der Waals surface area contributed by atoms with Gasteiger partial charge in [0, 0.05) is 55.2 Å². The van der Waals surface area contributed by atoms with Crippen LogP contribution in [-0.4, -0.2) is 20.8 Å². The van der Waals surface area contributed by atoms with Gasteiger partial charge in [0.25, 0.3) is 0 Å². The van der Waals surface area contributed by atoms with Crippen LogP contribution in [0.5, 0.6) is 0 Å². The van der Waals surface area contributed by atoms with E-state index < -0.39 is 6.17 Å². The molecule has 3 aromatic heterocycles. The number of aromatic nitrogens is 2. The molecule has 13 aromatic rings. The molecule has 0 fully saturated rings. The molecule has 6 heteroatoms. The highest BCUT2D eigenvalue weighted by Crippen LogP contribution is 2.40. The molecule has 0 amide bonds. The Bertz CT molecular complexity index is 4190. The molecule has 14 rings (SSSR count). The number of hydrogen-bond acceptors (Lipinski definition) is 4. The number of amidine groups is 2. The fourth-order valence-corrected chi connectivity index (χ4v) is 10.5. The summed E-state index contributed by atoms with van der Waals surface area (Å²) in [6, 6.07) is 79.8. The number of furan rings is 1. The molecule has 1 unspecified atom stereocenters. The van der Waals surface area contributed by atoms with E-state index in [0.717, 1.165) is 94.4 Å². The Hall–Kier alpha value is -9.00. The van der Waals surface area contributed by atoms with Crippen LogP contribution in [-0.2, 0) is 0 Å². The Balaban J connectivity index is 1.02. The Morgan fingerprint density at radius 3 is 1.82 bits per heavy atom. The zero-order chi connectivity index (χ0) is 44.0. The van der Waals surface area contributed by atoms with Gasteiger partial charge in [0.2, 0.25) is 0 Å². The minimum absolute atomic E-state index is 0.455. The maximum Gasteiger partial charge on any atom is 0.159 e. The van der Waals surface area contributed by atoms with Crippen LogP contribution in [0.25, 0.3) is 98.8 Å². The molecule has 4 heterocycles. The van der Waals surface area contributed by atoms with Crippen molar-refractivity contribution in [3.63, 3.8) is 0 Å². The van der Waals surface area contributed by atoms with Crippen LogP contribution in [0.1, 0.15) is 22.9 Å². The predicted molar refractivity (Wildman–Crippen MR) is 277 cm³/mol. The van der Waals surface area contributed by atoms with Gasteiger partial charge in [-0.05, 0) is 100 Å². The van der Waals surface area contributed by atoms with Crippen molar-refractivity contribution < 1.29 is 4.42 Å². The van der Waals surface area contributed by atoms with Gasteiger partial charge in [0.15, 0.2) is 5.84 Å². The number of hydrogen-bond donors (Lipinski definition) is 1. The second-order valence-electron chi connectivity index (χ2n) is 17.4. The van der Waals surface area contributed by atoms with E-state index in [9.17, 15) is 0 Å². The maximum absolute atomic E-state index is 6.80. The Morgan fingerprint density at radius 1 is 0.403 bits per heavy atom. The molecule has 0 saturated heterocycles. The van der Waals surface area contributed by atoms with Gasteiger partial charge in [-0.1, -0.05) is 146 Å². The third-order valence-corrected chi connectivity index (χ3v) is 13.5. The Morgan fingerprint density at radius 2 is 1.03 bits per heavy atom. The molecular weight excluding hydrogens is 819 g/mol. The molecule has 10 aromatic carbocycles. The monoisotopic (exact) mass is 857 g/mol. The fraction of sp³-hybridized carbons (Fsp3) is 0.0164.